The highest BCUT2D eigenvalue weighted by molar-refractivity contribution is 6.42. The Morgan fingerprint density at radius 3 is 2.42 bits per heavy atom. The van der Waals surface area contributed by atoms with E-state index in [-0.39, 0.29) is 24.4 Å². The van der Waals surface area contributed by atoms with Crippen LogP contribution >= 0.6 is 23.2 Å². The minimum Gasteiger partial charge on any atom is -0.337 e. The fourth-order valence-corrected chi connectivity index (χ4v) is 3.81. The van der Waals surface area contributed by atoms with Crippen LogP contribution in [0.25, 0.3) is 0 Å². The summed E-state index contributed by atoms with van der Waals surface area (Å²) in [7, 11) is 1.87. The van der Waals surface area contributed by atoms with Crippen LogP contribution in [0, 0.1) is 11.8 Å². The molecule has 0 aromatic heterocycles. The van der Waals surface area contributed by atoms with E-state index < -0.39 is 0 Å². The van der Waals surface area contributed by atoms with Crippen molar-refractivity contribution in [2.75, 3.05) is 32.0 Å². The lowest BCUT2D eigenvalue weighted by Gasteiger charge is -2.36. The standard InChI is InChI=1S/C19H27Cl2N3O2/c1-12-7-13(2)10-24(9-12)19(26)14(3)23(4)11-18(25)22-15-5-6-16(20)17(21)8-15/h5-6,8,12-14H,7,9-11H2,1-4H3,(H,22,25)/p+1/t12-,13+,14-/m1/s1. The van der Waals surface area contributed by atoms with Crippen molar-refractivity contribution in [3.05, 3.63) is 28.2 Å². The van der Waals surface area contributed by atoms with E-state index in [2.05, 4.69) is 19.2 Å². The van der Waals surface area contributed by atoms with Crippen LogP contribution in [-0.2, 0) is 9.59 Å². The normalized spacial score (nSPS) is 22.6. The van der Waals surface area contributed by atoms with Gasteiger partial charge in [-0.15, -0.1) is 0 Å². The van der Waals surface area contributed by atoms with Crippen LogP contribution in [0.1, 0.15) is 27.2 Å². The number of anilines is 1. The average molecular weight is 401 g/mol. The zero-order valence-electron chi connectivity index (χ0n) is 15.8. The Morgan fingerprint density at radius 1 is 1.23 bits per heavy atom. The molecule has 2 rings (SSSR count). The number of likely N-dealkylation sites (N-methyl/N-ethyl adjacent to an activating group) is 1. The Morgan fingerprint density at radius 2 is 1.85 bits per heavy atom. The van der Waals surface area contributed by atoms with Gasteiger partial charge in [-0.2, -0.15) is 0 Å². The van der Waals surface area contributed by atoms with E-state index in [1.807, 2.05) is 18.9 Å². The van der Waals surface area contributed by atoms with Gasteiger partial charge in [0.1, 0.15) is 0 Å². The lowest BCUT2D eigenvalue weighted by atomic mass is 9.91. The molecule has 0 spiro atoms. The number of rotatable bonds is 5. The summed E-state index contributed by atoms with van der Waals surface area (Å²) in [6.45, 7) is 8.05. The molecule has 0 aliphatic carbocycles. The molecule has 0 bridgehead atoms. The molecule has 1 saturated heterocycles. The monoisotopic (exact) mass is 400 g/mol. The van der Waals surface area contributed by atoms with Gasteiger partial charge >= 0.3 is 0 Å². The summed E-state index contributed by atoms with van der Waals surface area (Å²) in [5.74, 6) is 0.991. The molecule has 1 aromatic rings. The summed E-state index contributed by atoms with van der Waals surface area (Å²) in [4.78, 5) is 27.9. The van der Waals surface area contributed by atoms with E-state index in [0.717, 1.165) is 24.4 Å². The van der Waals surface area contributed by atoms with E-state index in [1.165, 1.54) is 0 Å². The molecular formula is C19H28Cl2N3O2+. The third-order valence-corrected chi connectivity index (χ3v) is 5.67. The summed E-state index contributed by atoms with van der Waals surface area (Å²) in [6.07, 6.45) is 1.16. The number of quaternary nitrogens is 1. The first-order chi connectivity index (χ1) is 12.2. The smallest absolute Gasteiger partial charge is 0.280 e. The second kappa shape index (κ2) is 9.07. The van der Waals surface area contributed by atoms with Gasteiger partial charge in [0.05, 0.1) is 17.1 Å². The zero-order valence-corrected chi connectivity index (χ0v) is 17.3. The number of benzene rings is 1. The first-order valence-electron chi connectivity index (χ1n) is 9.03. The molecule has 1 aliphatic rings. The minimum atomic E-state index is -0.271. The lowest BCUT2D eigenvalue weighted by Crippen LogP contribution is -3.15. The van der Waals surface area contributed by atoms with E-state index in [9.17, 15) is 9.59 Å². The number of amides is 2. The topological polar surface area (TPSA) is 53.9 Å². The Balaban J connectivity index is 1.90. The molecule has 2 N–H and O–H groups in total. The fourth-order valence-electron chi connectivity index (χ4n) is 3.51. The van der Waals surface area contributed by atoms with Gasteiger partial charge in [-0.3, -0.25) is 9.59 Å². The highest BCUT2D eigenvalue weighted by Gasteiger charge is 2.32. The predicted molar refractivity (Wildman–Crippen MR) is 106 cm³/mol. The minimum absolute atomic E-state index is 0.114. The van der Waals surface area contributed by atoms with E-state index >= 15 is 0 Å². The maximum atomic E-state index is 12.8. The second-order valence-electron chi connectivity index (χ2n) is 7.61. The number of piperidine rings is 1. The lowest BCUT2D eigenvalue weighted by molar-refractivity contribution is -0.886. The van der Waals surface area contributed by atoms with Crippen LogP contribution in [0.15, 0.2) is 18.2 Å². The van der Waals surface area contributed by atoms with E-state index in [4.69, 9.17) is 23.2 Å². The molecule has 0 radical (unpaired) electrons. The van der Waals surface area contributed by atoms with Crippen molar-refractivity contribution >= 4 is 40.7 Å². The number of hydrogen-bond acceptors (Lipinski definition) is 2. The van der Waals surface area contributed by atoms with Crippen molar-refractivity contribution in [1.82, 2.24) is 4.90 Å². The van der Waals surface area contributed by atoms with Gasteiger partial charge in [-0.05, 0) is 43.4 Å². The number of carbonyl (C=O) groups is 2. The van der Waals surface area contributed by atoms with Gasteiger partial charge in [0.25, 0.3) is 11.8 Å². The molecule has 1 fully saturated rings. The third kappa shape index (κ3) is 5.60. The van der Waals surface area contributed by atoms with Crippen LogP contribution in [0.5, 0.6) is 0 Å². The molecule has 1 aliphatic heterocycles. The van der Waals surface area contributed by atoms with Gasteiger partial charge in [0.15, 0.2) is 12.6 Å². The maximum absolute atomic E-state index is 12.8. The van der Waals surface area contributed by atoms with Gasteiger partial charge < -0.3 is 15.1 Å². The summed E-state index contributed by atoms with van der Waals surface area (Å²) < 4.78 is 0. The van der Waals surface area contributed by atoms with Gasteiger partial charge in [-0.1, -0.05) is 37.0 Å². The number of nitrogens with one attached hydrogen (secondary N) is 2. The van der Waals surface area contributed by atoms with Crippen molar-refractivity contribution in [3.63, 3.8) is 0 Å². The zero-order chi connectivity index (χ0) is 19.4. The van der Waals surface area contributed by atoms with Crippen molar-refractivity contribution in [1.29, 1.82) is 0 Å². The Hall–Kier alpha value is -1.30. The van der Waals surface area contributed by atoms with E-state index in [0.29, 0.717) is 27.6 Å². The number of likely N-dealkylation sites (tertiary alicyclic amines) is 1. The maximum Gasteiger partial charge on any atom is 0.280 e. The molecule has 7 heteroatoms. The summed E-state index contributed by atoms with van der Waals surface area (Å²) in [5, 5.41) is 3.63. The molecular weight excluding hydrogens is 373 g/mol. The van der Waals surface area contributed by atoms with Crippen molar-refractivity contribution in [3.8, 4) is 0 Å². The van der Waals surface area contributed by atoms with Crippen molar-refractivity contribution in [2.45, 2.75) is 33.2 Å². The quantitative estimate of drug-likeness (QED) is 0.796. The van der Waals surface area contributed by atoms with Crippen LogP contribution in [0.3, 0.4) is 0 Å². The molecule has 0 saturated carbocycles. The first kappa shape index (κ1) is 21.0. The number of carbonyl (C=O) groups excluding carboxylic acids is 2. The average Bonchev–Trinajstić information content (AvgIpc) is 2.55. The molecule has 26 heavy (non-hydrogen) atoms. The molecule has 1 heterocycles. The third-order valence-electron chi connectivity index (χ3n) is 4.93. The molecule has 2 amide bonds. The Labute approximate surface area is 165 Å². The van der Waals surface area contributed by atoms with Gasteiger partial charge in [0.2, 0.25) is 0 Å². The van der Waals surface area contributed by atoms with Crippen LogP contribution in [0.4, 0.5) is 5.69 Å². The first-order valence-corrected chi connectivity index (χ1v) is 9.79. The summed E-state index contributed by atoms with van der Waals surface area (Å²) >= 11 is 11.8. The highest BCUT2D eigenvalue weighted by atomic mass is 35.5. The molecule has 144 valence electrons. The predicted octanol–water partition coefficient (Wildman–Crippen LogP) is 2.34. The number of nitrogens with zero attached hydrogens (tertiary/aromatic N) is 1. The van der Waals surface area contributed by atoms with Crippen LogP contribution in [-0.4, -0.2) is 49.4 Å². The SMILES string of the molecule is C[C@@H]1C[C@H](C)CN(C(=O)[C@@H](C)[NH+](C)CC(=O)Nc2ccc(Cl)c(Cl)c2)C1. The molecule has 4 atom stereocenters. The molecule has 1 aromatic carbocycles. The fraction of sp³-hybridized carbons (Fsp3) is 0.579. The number of halogens is 2. The largest absolute Gasteiger partial charge is 0.337 e. The summed E-state index contributed by atoms with van der Waals surface area (Å²) in [5.41, 5.74) is 0.592. The van der Waals surface area contributed by atoms with Crippen LogP contribution < -0.4 is 10.2 Å². The summed E-state index contributed by atoms with van der Waals surface area (Å²) in [6, 6.07) is 4.68. The molecule has 5 nitrogen and oxygen atoms in total. The Kier molecular flexibility index (Phi) is 7.33. The molecule has 1 unspecified atom stereocenters. The van der Waals surface area contributed by atoms with Crippen LogP contribution in [0.2, 0.25) is 10.0 Å². The number of hydrogen-bond donors (Lipinski definition) is 2. The van der Waals surface area contributed by atoms with E-state index in [1.54, 1.807) is 18.2 Å². The highest BCUT2D eigenvalue weighted by Crippen LogP contribution is 2.25. The second-order valence-corrected chi connectivity index (χ2v) is 8.43. The van der Waals surface area contributed by atoms with Gasteiger partial charge in [-0.25, -0.2) is 0 Å². The van der Waals surface area contributed by atoms with Crippen molar-refractivity contribution in [2.24, 2.45) is 11.8 Å². The Bertz CT molecular complexity index is 658. The van der Waals surface area contributed by atoms with Gasteiger partial charge in [0, 0.05) is 18.8 Å². The van der Waals surface area contributed by atoms with Crippen molar-refractivity contribution < 1.29 is 14.5 Å².